The molecule has 4 rings (SSSR count). The highest BCUT2D eigenvalue weighted by atomic mass is 16.1. The Morgan fingerprint density at radius 3 is 2.95 bits per heavy atom. The van der Waals surface area contributed by atoms with Gasteiger partial charge in [0.1, 0.15) is 0 Å². The first-order chi connectivity index (χ1) is 10.2. The molecule has 1 saturated carbocycles. The fourth-order valence-corrected chi connectivity index (χ4v) is 3.95. The first-order valence-electron chi connectivity index (χ1n) is 7.73. The van der Waals surface area contributed by atoms with Crippen LogP contribution in [0.25, 0.3) is 10.9 Å². The Labute approximate surface area is 124 Å². The second-order valence-electron chi connectivity index (χ2n) is 6.42. The molecule has 3 atom stereocenters. The van der Waals surface area contributed by atoms with Crippen LogP contribution in [0.4, 0.5) is 0 Å². The van der Waals surface area contributed by atoms with Gasteiger partial charge in [-0.3, -0.25) is 4.79 Å². The molecule has 2 aromatic rings. The van der Waals surface area contributed by atoms with Crippen LogP contribution in [0.2, 0.25) is 0 Å². The molecule has 1 N–H and O–H groups in total. The van der Waals surface area contributed by atoms with Crippen molar-refractivity contribution in [1.82, 2.24) is 9.88 Å². The van der Waals surface area contributed by atoms with Crippen molar-refractivity contribution in [2.45, 2.75) is 12.8 Å². The first-order valence-corrected chi connectivity index (χ1v) is 7.73. The maximum atomic E-state index is 12.5. The number of carbonyl (C=O) groups is 1. The van der Waals surface area contributed by atoms with Crippen LogP contribution in [0.15, 0.2) is 42.6 Å². The normalized spacial score (nSPS) is 26.6. The van der Waals surface area contributed by atoms with Gasteiger partial charge in [0.15, 0.2) is 0 Å². The van der Waals surface area contributed by atoms with Crippen molar-refractivity contribution < 1.29 is 4.79 Å². The van der Waals surface area contributed by atoms with Crippen molar-refractivity contribution in [3.05, 3.63) is 48.2 Å². The average Bonchev–Trinajstić information content (AvgIpc) is 3.20. The highest BCUT2D eigenvalue weighted by molar-refractivity contribution is 6.06. The van der Waals surface area contributed by atoms with Crippen LogP contribution in [0.3, 0.4) is 0 Å². The fourth-order valence-electron chi connectivity index (χ4n) is 3.95. The number of allylic oxidation sites excluding steroid dienone is 2. The molecule has 21 heavy (non-hydrogen) atoms. The highest BCUT2D eigenvalue weighted by Crippen LogP contribution is 2.42. The largest absolute Gasteiger partial charge is 0.352 e. The number of fused-ring (bicyclic) bond motifs is 3. The van der Waals surface area contributed by atoms with Gasteiger partial charge in [0, 0.05) is 36.3 Å². The van der Waals surface area contributed by atoms with Crippen LogP contribution in [0.5, 0.6) is 0 Å². The molecular weight excluding hydrogens is 260 g/mol. The predicted octanol–water partition coefficient (Wildman–Crippen LogP) is 3.12. The SMILES string of the molecule is Cn1ccc2c(C(=O)NCC3CC4C=CC3C4)cccc21. The molecular formula is C18H20N2O. The van der Waals surface area contributed by atoms with Gasteiger partial charge in [-0.05, 0) is 48.8 Å². The highest BCUT2D eigenvalue weighted by Gasteiger charge is 2.35. The average molecular weight is 280 g/mol. The number of aromatic nitrogens is 1. The van der Waals surface area contributed by atoms with Crippen molar-refractivity contribution in [3.63, 3.8) is 0 Å². The van der Waals surface area contributed by atoms with Gasteiger partial charge >= 0.3 is 0 Å². The second-order valence-corrected chi connectivity index (χ2v) is 6.42. The molecule has 1 fully saturated rings. The lowest BCUT2D eigenvalue weighted by Crippen LogP contribution is -2.31. The summed E-state index contributed by atoms with van der Waals surface area (Å²) in [6.07, 6.45) is 9.20. The zero-order valence-electron chi connectivity index (χ0n) is 12.3. The van der Waals surface area contributed by atoms with Gasteiger partial charge in [0.25, 0.3) is 5.91 Å². The topological polar surface area (TPSA) is 34.0 Å². The number of hydrogen-bond acceptors (Lipinski definition) is 1. The van der Waals surface area contributed by atoms with Crippen LogP contribution in [-0.2, 0) is 7.05 Å². The lowest BCUT2D eigenvalue weighted by Gasteiger charge is -2.18. The number of aryl methyl sites for hydroxylation is 1. The molecule has 1 heterocycles. The summed E-state index contributed by atoms with van der Waals surface area (Å²) in [7, 11) is 2.01. The van der Waals surface area contributed by atoms with Gasteiger partial charge in [0.05, 0.1) is 0 Å². The molecule has 2 aliphatic carbocycles. The van der Waals surface area contributed by atoms with Crippen LogP contribution in [-0.4, -0.2) is 17.0 Å². The standard InChI is InChI=1S/C18H20N2O/c1-20-8-7-15-16(3-2-4-17(15)20)18(21)19-11-14-10-12-5-6-13(14)9-12/h2-8,12-14H,9-11H2,1H3,(H,19,21). The van der Waals surface area contributed by atoms with E-state index < -0.39 is 0 Å². The molecule has 108 valence electrons. The summed E-state index contributed by atoms with van der Waals surface area (Å²) in [6, 6.07) is 7.94. The van der Waals surface area contributed by atoms with Gasteiger partial charge in [-0.25, -0.2) is 0 Å². The maximum absolute atomic E-state index is 12.5. The Bertz CT molecular complexity index is 728. The maximum Gasteiger partial charge on any atom is 0.251 e. The smallest absolute Gasteiger partial charge is 0.251 e. The van der Waals surface area contributed by atoms with Crippen LogP contribution < -0.4 is 5.32 Å². The van der Waals surface area contributed by atoms with E-state index in [9.17, 15) is 4.79 Å². The summed E-state index contributed by atoms with van der Waals surface area (Å²) in [5, 5.41) is 4.18. The third kappa shape index (κ3) is 2.08. The number of benzene rings is 1. The van der Waals surface area contributed by atoms with E-state index in [1.807, 2.05) is 42.1 Å². The van der Waals surface area contributed by atoms with E-state index in [-0.39, 0.29) is 5.91 Å². The van der Waals surface area contributed by atoms with Gasteiger partial charge in [-0.2, -0.15) is 0 Å². The van der Waals surface area contributed by atoms with Crippen molar-refractivity contribution in [3.8, 4) is 0 Å². The first kappa shape index (κ1) is 12.7. The Hall–Kier alpha value is -2.03. The quantitative estimate of drug-likeness (QED) is 0.861. The molecule has 1 aromatic carbocycles. The molecule has 1 amide bonds. The Kier molecular flexibility index (Phi) is 2.88. The number of hydrogen-bond donors (Lipinski definition) is 1. The zero-order chi connectivity index (χ0) is 14.4. The molecule has 2 bridgehead atoms. The van der Waals surface area contributed by atoms with Crippen LogP contribution in [0, 0.1) is 17.8 Å². The summed E-state index contributed by atoms with van der Waals surface area (Å²) in [4.78, 5) is 12.5. The molecule has 3 nitrogen and oxygen atoms in total. The van der Waals surface area contributed by atoms with Gasteiger partial charge in [-0.15, -0.1) is 0 Å². The molecule has 0 radical (unpaired) electrons. The molecule has 0 saturated heterocycles. The van der Waals surface area contributed by atoms with E-state index in [0.29, 0.717) is 11.8 Å². The lowest BCUT2D eigenvalue weighted by atomic mass is 9.93. The van der Waals surface area contributed by atoms with Gasteiger partial charge in [-0.1, -0.05) is 18.2 Å². The number of amides is 1. The summed E-state index contributed by atoms with van der Waals surface area (Å²) in [5.41, 5.74) is 1.89. The molecule has 3 unspecified atom stereocenters. The summed E-state index contributed by atoms with van der Waals surface area (Å²) < 4.78 is 2.05. The number of rotatable bonds is 3. The Morgan fingerprint density at radius 2 is 2.19 bits per heavy atom. The molecule has 2 aliphatic rings. The summed E-state index contributed by atoms with van der Waals surface area (Å²) >= 11 is 0. The second kappa shape index (κ2) is 4.76. The number of carbonyl (C=O) groups excluding carboxylic acids is 1. The van der Waals surface area contributed by atoms with Crippen molar-refractivity contribution in [2.24, 2.45) is 24.8 Å². The van der Waals surface area contributed by atoms with Gasteiger partial charge < -0.3 is 9.88 Å². The van der Waals surface area contributed by atoms with Crippen LogP contribution >= 0.6 is 0 Å². The van der Waals surface area contributed by atoms with E-state index in [0.717, 1.165) is 28.9 Å². The summed E-state index contributed by atoms with van der Waals surface area (Å²) in [5.74, 6) is 2.12. The minimum Gasteiger partial charge on any atom is -0.352 e. The van der Waals surface area contributed by atoms with Crippen molar-refractivity contribution >= 4 is 16.8 Å². The third-order valence-corrected chi connectivity index (χ3v) is 5.11. The molecule has 0 aliphatic heterocycles. The van der Waals surface area contributed by atoms with Crippen molar-refractivity contribution in [1.29, 1.82) is 0 Å². The van der Waals surface area contributed by atoms with E-state index in [1.54, 1.807) is 0 Å². The summed E-state index contributed by atoms with van der Waals surface area (Å²) in [6.45, 7) is 0.799. The van der Waals surface area contributed by atoms with Crippen LogP contribution in [0.1, 0.15) is 23.2 Å². The molecule has 1 aromatic heterocycles. The van der Waals surface area contributed by atoms with Gasteiger partial charge in [0.2, 0.25) is 0 Å². The van der Waals surface area contributed by atoms with E-state index in [4.69, 9.17) is 0 Å². The fraction of sp³-hybridized carbons (Fsp3) is 0.389. The number of nitrogens with zero attached hydrogens (tertiary/aromatic N) is 1. The Morgan fingerprint density at radius 1 is 1.29 bits per heavy atom. The Balaban J connectivity index is 1.50. The van der Waals surface area contributed by atoms with Crippen molar-refractivity contribution in [2.75, 3.05) is 6.54 Å². The lowest BCUT2D eigenvalue weighted by molar-refractivity contribution is 0.0946. The van der Waals surface area contributed by atoms with E-state index in [2.05, 4.69) is 17.5 Å². The van der Waals surface area contributed by atoms with E-state index >= 15 is 0 Å². The monoisotopic (exact) mass is 280 g/mol. The molecule has 3 heteroatoms. The minimum absolute atomic E-state index is 0.0542. The van der Waals surface area contributed by atoms with E-state index in [1.165, 1.54) is 12.8 Å². The molecule has 0 spiro atoms. The predicted molar refractivity (Wildman–Crippen MR) is 84.1 cm³/mol. The zero-order valence-corrected chi connectivity index (χ0v) is 12.3. The number of nitrogens with one attached hydrogen (secondary N) is 1. The minimum atomic E-state index is 0.0542. The third-order valence-electron chi connectivity index (χ3n) is 5.11.